The van der Waals surface area contributed by atoms with Crippen molar-refractivity contribution in [3.8, 4) is 22.4 Å². The van der Waals surface area contributed by atoms with Crippen molar-refractivity contribution in [2.75, 3.05) is 6.61 Å². The Balaban J connectivity index is 1.51. The largest absolute Gasteiger partial charge is 0.396 e. The van der Waals surface area contributed by atoms with Gasteiger partial charge in [-0.2, -0.15) is 0 Å². The summed E-state index contributed by atoms with van der Waals surface area (Å²) >= 11 is 0. The van der Waals surface area contributed by atoms with Gasteiger partial charge in [0.25, 0.3) is 0 Å². The second-order valence-corrected chi connectivity index (χ2v) is 9.42. The van der Waals surface area contributed by atoms with E-state index in [2.05, 4.69) is 59.6 Å². The molecule has 2 aromatic carbocycles. The summed E-state index contributed by atoms with van der Waals surface area (Å²) in [7, 11) is 0. The number of aromatic nitrogens is 3. The summed E-state index contributed by atoms with van der Waals surface area (Å²) < 4.78 is 0. The van der Waals surface area contributed by atoms with Gasteiger partial charge in [0.1, 0.15) is 5.82 Å². The minimum absolute atomic E-state index is 0.170. The molecule has 1 aliphatic rings. The molecule has 174 valence electrons. The van der Waals surface area contributed by atoms with Gasteiger partial charge in [-0.05, 0) is 49.3 Å². The van der Waals surface area contributed by atoms with Gasteiger partial charge in [-0.25, -0.2) is 15.0 Å². The molecule has 34 heavy (non-hydrogen) atoms. The molecule has 0 atom stereocenters. The molecular weight excluding hydrogens is 420 g/mol. The number of pyridine rings is 1. The fraction of sp³-hybridized carbons (Fsp3) is 0.345. The van der Waals surface area contributed by atoms with E-state index < -0.39 is 0 Å². The maximum atomic E-state index is 8.96. The van der Waals surface area contributed by atoms with Crippen LogP contribution in [0.1, 0.15) is 56.3 Å². The van der Waals surface area contributed by atoms with E-state index in [4.69, 9.17) is 20.8 Å². The summed E-state index contributed by atoms with van der Waals surface area (Å²) in [6.45, 7) is 0.260. The SMILES string of the molecule is NC1(c2ccc(-c3nc4nc(CCCCCCO)ncc4cc3-c3ccccc3)cc2)CCC1. The third-order valence-electron chi connectivity index (χ3n) is 6.99. The van der Waals surface area contributed by atoms with Crippen molar-refractivity contribution in [1.82, 2.24) is 15.0 Å². The zero-order valence-corrected chi connectivity index (χ0v) is 19.6. The molecule has 5 rings (SSSR count). The molecule has 1 fully saturated rings. The molecule has 2 aromatic heterocycles. The van der Waals surface area contributed by atoms with Gasteiger partial charge in [-0.1, -0.05) is 67.4 Å². The monoisotopic (exact) mass is 452 g/mol. The Morgan fingerprint density at radius 3 is 2.32 bits per heavy atom. The van der Waals surface area contributed by atoms with Crippen LogP contribution in [0.4, 0.5) is 0 Å². The number of hydrogen-bond acceptors (Lipinski definition) is 5. The van der Waals surface area contributed by atoms with Crippen LogP contribution in [-0.2, 0) is 12.0 Å². The lowest BCUT2D eigenvalue weighted by Gasteiger charge is -2.38. The average Bonchev–Trinajstić information content (AvgIpc) is 2.87. The lowest BCUT2D eigenvalue weighted by Crippen LogP contribution is -2.43. The first-order valence-corrected chi connectivity index (χ1v) is 12.4. The fourth-order valence-electron chi connectivity index (χ4n) is 4.73. The van der Waals surface area contributed by atoms with Gasteiger partial charge in [0.2, 0.25) is 0 Å². The second kappa shape index (κ2) is 10.00. The van der Waals surface area contributed by atoms with Crippen molar-refractivity contribution in [3.05, 3.63) is 78.2 Å². The Bertz CT molecular complexity index is 1250. The highest BCUT2D eigenvalue weighted by molar-refractivity contribution is 5.89. The number of aliphatic hydroxyl groups excluding tert-OH is 1. The van der Waals surface area contributed by atoms with Gasteiger partial charge < -0.3 is 10.8 Å². The summed E-state index contributed by atoms with van der Waals surface area (Å²) in [5.41, 5.74) is 12.5. The molecule has 5 heteroatoms. The summed E-state index contributed by atoms with van der Waals surface area (Å²) in [6, 6.07) is 21.1. The molecule has 0 unspecified atom stereocenters. The number of rotatable bonds is 9. The zero-order valence-electron chi connectivity index (χ0n) is 19.6. The number of benzene rings is 2. The van der Waals surface area contributed by atoms with Gasteiger partial charge in [0.15, 0.2) is 5.65 Å². The highest BCUT2D eigenvalue weighted by Crippen LogP contribution is 2.40. The van der Waals surface area contributed by atoms with Gasteiger partial charge in [-0.3, -0.25) is 0 Å². The molecule has 1 aliphatic carbocycles. The summed E-state index contributed by atoms with van der Waals surface area (Å²) in [5, 5.41) is 9.90. The van der Waals surface area contributed by atoms with E-state index in [0.717, 1.165) is 84.2 Å². The molecule has 5 nitrogen and oxygen atoms in total. The quantitative estimate of drug-likeness (QED) is 0.314. The summed E-state index contributed by atoms with van der Waals surface area (Å²) in [5.74, 6) is 0.827. The Labute approximate surface area is 201 Å². The molecule has 0 bridgehead atoms. The lowest BCUT2D eigenvalue weighted by molar-refractivity contribution is 0.253. The van der Waals surface area contributed by atoms with E-state index in [1.54, 1.807) is 0 Å². The third-order valence-corrected chi connectivity index (χ3v) is 6.99. The molecule has 0 saturated heterocycles. The molecule has 1 saturated carbocycles. The Morgan fingerprint density at radius 1 is 0.853 bits per heavy atom. The van der Waals surface area contributed by atoms with E-state index in [-0.39, 0.29) is 12.1 Å². The van der Waals surface area contributed by atoms with E-state index in [1.807, 2.05) is 12.3 Å². The van der Waals surface area contributed by atoms with Crippen LogP contribution < -0.4 is 5.73 Å². The Hall–Kier alpha value is -3.15. The standard InChI is InChI=1S/C29H32N4O/c30-29(16-8-17-29)24-14-12-22(13-15-24)27-25(21-9-4-3-5-10-21)19-23-20-31-26(32-28(23)33-27)11-6-1-2-7-18-34/h3-5,9-10,12-15,19-20,34H,1-2,6-8,11,16-18,30H2. The molecule has 0 aliphatic heterocycles. The van der Waals surface area contributed by atoms with E-state index in [1.165, 1.54) is 12.0 Å². The first kappa shape index (κ1) is 22.6. The van der Waals surface area contributed by atoms with Crippen LogP contribution in [0.3, 0.4) is 0 Å². The number of fused-ring (bicyclic) bond motifs is 1. The second-order valence-electron chi connectivity index (χ2n) is 9.42. The van der Waals surface area contributed by atoms with Crippen LogP contribution in [0.5, 0.6) is 0 Å². The molecule has 2 heterocycles. The van der Waals surface area contributed by atoms with E-state index in [9.17, 15) is 0 Å². The van der Waals surface area contributed by atoms with E-state index >= 15 is 0 Å². The number of aryl methyl sites for hydroxylation is 1. The predicted molar refractivity (Wildman–Crippen MR) is 137 cm³/mol. The number of hydrogen-bond donors (Lipinski definition) is 2. The van der Waals surface area contributed by atoms with E-state index in [0.29, 0.717) is 0 Å². The predicted octanol–water partition coefficient (Wildman–Crippen LogP) is 5.79. The van der Waals surface area contributed by atoms with Crippen LogP contribution in [0, 0.1) is 0 Å². The Morgan fingerprint density at radius 2 is 1.62 bits per heavy atom. The molecule has 0 amide bonds. The van der Waals surface area contributed by atoms with Crippen LogP contribution in [0.2, 0.25) is 0 Å². The molecule has 3 N–H and O–H groups in total. The van der Waals surface area contributed by atoms with Crippen LogP contribution >= 0.6 is 0 Å². The normalized spacial score (nSPS) is 14.8. The van der Waals surface area contributed by atoms with Crippen molar-refractivity contribution < 1.29 is 5.11 Å². The fourth-order valence-corrected chi connectivity index (χ4v) is 4.73. The topological polar surface area (TPSA) is 84.9 Å². The smallest absolute Gasteiger partial charge is 0.163 e. The maximum absolute atomic E-state index is 8.96. The first-order valence-electron chi connectivity index (χ1n) is 12.4. The lowest BCUT2D eigenvalue weighted by atomic mass is 9.72. The van der Waals surface area contributed by atoms with Crippen molar-refractivity contribution >= 4 is 11.0 Å². The average molecular weight is 453 g/mol. The highest BCUT2D eigenvalue weighted by Gasteiger charge is 2.34. The zero-order chi connectivity index (χ0) is 23.4. The number of unbranched alkanes of at least 4 members (excludes halogenated alkanes) is 3. The molecule has 4 aromatic rings. The van der Waals surface area contributed by atoms with Gasteiger partial charge >= 0.3 is 0 Å². The molecule has 0 radical (unpaired) electrons. The molecule has 0 spiro atoms. The van der Waals surface area contributed by atoms with Crippen molar-refractivity contribution in [2.45, 2.75) is 56.9 Å². The van der Waals surface area contributed by atoms with Crippen LogP contribution in [0.15, 0.2) is 66.9 Å². The number of nitrogens with two attached hydrogens (primary N) is 1. The Kier molecular flexibility index (Phi) is 6.66. The molecular formula is C29H32N4O. The highest BCUT2D eigenvalue weighted by atomic mass is 16.2. The van der Waals surface area contributed by atoms with Crippen LogP contribution in [0.25, 0.3) is 33.4 Å². The first-order chi connectivity index (χ1) is 16.7. The van der Waals surface area contributed by atoms with Gasteiger partial charge in [0, 0.05) is 41.3 Å². The van der Waals surface area contributed by atoms with Gasteiger partial charge in [0.05, 0.1) is 5.69 Å². The minimum atomic E-state index is -0.170. The number of nitrogens with zero attached hydrogens (tertiary/aromatic N) is 3. The third kappa shape index (κ3) is 4.72. The van der Waals surface area contributed by atoms with Gasteiger partial charge in [-0.15, -0.1) is 0 Å². The summed E-state index contributed by atoms with van der Waals surface area (Å²) in [4.78, 5) is 14.5. The summed E-state index contributed by atoms with van der Waals surface area (Å²) in [6.07, 6.45) is 10.0. The van der Waals surface area contributed by atoms with Crippen molar-refractivity contribution in [3.63, 3.8) is 0 Å². The maximum Gasteiger partial charge on any atom is 0.163 e. The minimum Gasteiger partial charge on any atom is -0.396 e. The van der Waals surface area contributed by atoms with Crippen LogP contribution in [-0.4, -0.2) is 26.7 Å². The van der Waals surface area contributed by atoms with Crippen molar-refractivity contribution in [1.29, 1.82) is 0 Å². The van der Waals surface area contributed by atoms with Crippen molar-refractivity contribution in [2.24, 2.45) is 5.73 Å². The number of aliphatic hydroxyl groups is 1.